The molecule has 20 heavy (non-hydrogen) atoms. The van der Waals surface area contributed by atoms with Gasteiger partial charge in [0.05, 0.1) is 18.2 Å². The van der Waals surface area contributed by atoms with Crippen LogP contribution in [0.2, 0.25) is 0 Å². The quantitative estimate of drug-likeness (QED) is 0.788. The van der Waals surface area contributed by atoms with Crippen molar-refractivity contribution in [3.05, 3.63) is 64.1 Å². The van der Waals surface area contributed by atoms with E-state index in [0.29, 0.717) is 16.9 Å². The Morgan fingerprint density at radius 3 is 2.60 bits per heavy atom. The molecule has 100 valence electrons. The lowest BCUT2D eigenvalue weighted by Gasteiger charge is -2.07. The number of urea groups is 1. The third kappa shape index (κ3) is 3.71. The summed E-state index contributed by atoms with van der Waals surface area (Å²) >= 11 is 0. The first kappa shape index (κ1) is 13.4. The van der Waals surface area contributed by atoms with Gasteiger partial charge in [-0.3, -0.25) is 4.79 Å². The van der Waals surface area contributed by atoms with E-state index in [1.165, 1.54) is 6.07 Å². The summed E-state index contributed by atoms with van der Waals surface area (Å²) in [5, 5.41) is 13.9. The van der Waals surface area contributed by atoms with Crippen LogP contribution in [-0.2, 0) is 6.54 Å². The molecule has 0 aliphatic rings. The fourth-order valence-electron chi connectivity index (χ4n) is 1.58. The van der Waals surface area contributed by atoms with E-state index in [4.69, 9.17) is 5.26 Å². The molecule has 1 aromatic heterocycles. The fourth-order valence-corrected chi connectivity index (χ4v) is 1.58. The van der Waals surface area contributed by atoms with Crippen LogP contribution in [-0.4, -0.2) is 11.0 Å². The summed E-state index contributed by atoms with van der Waals surface area (Å²) < 4.78 is 0. The number of benzene rings is 1. The van der Waals surface area contributed by atoms with Crippen LogP contribution in [0, 0.1) is 11.3 Å². The van der Waals surface area contributed by atoms with Crippen LogP contribution in [0.3, 0.4) is 0 Å². The highest BCUT2D eigenvalue weighted by molar-refractivity contribution is 5.89. The standard InChI is InChI=1S/C14H12N4O2/c15-8-10-4-6-11(7-5-10)18-14(20)16-9-12-2-1-3-13(19)17-12/h1-7H,9H2,(H,17,19)(H2,16,18,20). The predicted octanol–water partition coefficient (Wildman–Crippen LogP) is 1.57. The number of rotatable bonds is 3. The van der Waals surface area contributed by atoms with Crippen molar-refractivity contribution in [2.75, 3.05) is 5.32 Å². The van der Waals surface area contributed by atoms with Gasteiger partial charge >= 0.3 is 6.03 Å². The molecule has 2 rings (SSSR count). The minimum Gasteiger partial charge on any atom is -0.332 e. The minimum atomic E-state index is -0.389. The molecule has 3 N–H and O–H groups in total. The van der Waals surface area contributed by atoms with Crippen LogP contribution in [0.4, 0.5) is 10.5 Å². The Balaban J connectivity index is 1.89. The van der Waals surface area contributed by atoms with Crippen LogP contribution < -0.4 is 16.2 Å². The van der Waals surface area contributed by atoms with Gasteiger partial charge in [0.25, 0.3) is 0 Å². The average molecular weight is 268 g/mol. The second-order valence-electron chi connectivity index (χ2n) is 4.04. The number of pyridine rings is 1. The molecule has 0 radical (unpaired) electrons. The first-order chi connectivity index (χ1) is 9.67. The van der Waals surface area contributed by atoms with Crippen LogP contribution in [0.15, 0.2) is 47.3 Å². The molecular formula is C14H12N4O2. The zero-order valence-electron chi connectivity index (χ0n) is 10.5. The number of hydrogen-bond acceptors (Lipinski definition) is 3. The Morgan fingerprint density at radius 1 is 1.20 bits per heavy atom. The largest absolute Gasteiger partial charge is 0.332 e. The van der Waals surface area contributed by atoms with Crippen LogP contribution >= 0.6 is 0 Å². The number of hydrogen-bond donors (Lipinski definition) is 3. The van der Waals surface area contributed by atoms with Crippen molar-refractivity contribution in [3.8, 4) is 6.07 Å². The third-order valence-corrected chi connectivity index (χ3v) is 2.54. The number of aromatic nitrogens is 1. The molecule has 1 heterocycles. The van der Waals surface area contributed by atoms with E-state index < -0.39 is 0 Å². The maximum Gasteiger partial charge on any atom is 0.319 e. The Morgan fingerprint density at radius 2 is 1.95 bits per heavy atom. The molecule has 2 amide bonds. The van der Waals surface area contributed by atoms with E-state index in [9.17, 15) is 9.59 Å². The molecule has 0 unspecified atom stereocenters. The molecule has 0 atom stereocenters. The zero-order chi connectivity index (χ0) is 14.4. The molecule has 1 aromatic carbocycles. The summed E-state index contributed by atoms with van der Waals surface area (Å²) in [6.45, 7) is 0.220. The Hall–Kier alpha value is -3.07. The molecule has 0 bridgehead atoms. The molecular weight excluding hydrogens is 256 g/mol. The van der Waals surface area contributed by atoms with E-state index in [0.717, 1.165) is 0 Å². The van der Waals surface area contributed by atoms with Gasteiger partial charge in [0, 0.05) is 17.4 Å². The molecule has 0 saturated heterocycles. The Labute approximate surface area is 115 Å². The summed E-state index contributed by atoms with van der Waals surface area (Å²) in [6, 6.07) is 12.9. The molecule has 6 nitrogen and oxygen atoms in total. The number of aromatic amines is 1. The van der Waals surface area contributed by atoms with Crippen LogP contribution in [0.1, 0.15) is 11.3 Å². The maximum atomic E-state index is 11.6. The highest BCUT2D eigenvalue weighted by atomic mass is 16.2. The molecule has 0 aliphatic carbocycles. The predicted molar refractivity (Wildman–Crippen MR) is 74.1 cm³/mol. The van der Waals surface area contributed by atoms with Crippen molar-refractivity contribution >= 4 is 11.7 Å². The zero-order valence-corrected chi connectivity index (χ0v) is 10.5. The van der Waals surface area contributed by atoms with Gasteiger partial charge in [-0.2, -0.15) is 5.26 Å². The number of nitriles is 1. The summed E-state index contributed by atoms with van der Waals surface area (Å²) in [7, 11) is 0. The van der Waals surface area contributed by atoms with Gasteiger partial charge in [-0.25, -0.2) is 4.79 Å². The fraction of sp³-hybridized carbons (Fsp3) is 0.0714. The average Bonchev–Trinajstić information content (AvgIpc) is 2.46. The molecule has 0 spiro atoms. The van der Waals surface area contributed by atoms with Crippen molar-refractivity contribution in [2.45, 2.75) is 6.54 Å². The summed E-state index contributed by atoms with van der Waals surface area (Å²) in [4.78, 5) is 25.3. The number of nitrogens with one attached hydrogen (secondary N) is 3. The van der Waals surface area contributed by atoms with Crippen LogP contribution in [0.25, 0.3) is 0 Å². The molecule has 0 aliphatic heterocycles. The number of amides is 2. The lowest BCUT2D eigenvalue weighted by molar-refractivity contribution is 0.251. The van der Waals surface area contributed by atoms with Crippen molar-refractivity contribution in [1.82, 2.24) is 10.3 Å². The first-order valence-electron chi connectivity index (χ1n) is 5.90. The summed E-state index contributed by atoms with van der Waals surface area (Å²) in [5.74, 6) is 0. The van der Waals surface area contributed by atoms with E-state index >= 15 is 0 Å². The second-order valence-corrected chi connectivity index (χ2v) is 4.04. The van der Waals surface area contributed by atoms with E-state index in [1.807, 2.05) is 6.07 Å². The van der Waals surface area contributed by atoms with Crippen molar-refractivity contribution < 1.29 is 4.79 Å². The molecule has 0 fully saturated rings. The maximum absolute atomic E-state index is 11.6. The van der Waals surface area contributed by atoms with Crippen molar-refractivity contribution in [3.63, 3.8) is 0 Å². The highest BCUT2D eigenvalue weighted by Gasteiger charge is 2.02. The number of carbonyl (C=O) groups is 1. The second kappa shape index (κ2) is 6.20. The van der Waals surface area contributed by atoms with Crippen LogP contribution in [0.5, 0.6) is 0 Å². The van der Waals surface area contributed by atoms with Gasteiger partial charge in [0.1, 0.15) is 0 Å². The Bertz CT molecular complexity index is 698. The smallest absolute Gasteiger partial charge is 0.319 e. The SMILES string of the molecule is N#Cc1ccc(NC(=O)NCc2cccc(=O)[nH]2)cc1. The van der Waals surface area contributed by atoms with E-state index in [1.54, 1.807) is 36.4 Å². The van der Waals surface area contributed by atoms with Crippen molar-refractivity contribution in [2.24, 2.45) is 0 Å². The van der Waals surface area contributed by atoms with Gasteiger partial charge in [0.15, 0.2) is 0 Å². The number of H-pyrrole nitrogens is 1. The number of anilines is 1. The monoisotopic (exact) mass is 268 g/mol. The molecule has 2 aromatic rings. The summed E-state index contributed by atoms with van der Waals surface area (Å²) in [5.41, 5.74) is 1.52. The number of carbonyl (C=O) groups excluding carboxylic acids is 1. The van der Waals surface area contributed by atoms with E-state index in [-0.39, 0.29) is 18.1 Å². The third-order valence-electron chi connectivity index (χ3n) is 2.54. The van der Waals surface area contributed by atoms with Gasteiger partial charge in [-0.05, 0) is 30.3 Å². The number of nitrogens with zero attached hydrogens (tertiary/aromatic N) is 1. The highest BCUT2D eigenvalue weighted by Crippen LogP contribution is 2.08. The molecule has 0 saturated carbocycles. The Kier molecular flexibility index (Phi) is 4.14. The van der Waals surface area contributed by atoms with Gasteiger partial charge < -0.3 is 15.6 Å². The van der Waals surface area contributed by atoms with Gasteiger partial charge in [-0.1, -0.05) is 6.07 Å². The van der Waals surface area contributed by atoms with E-state index in [2.05, 4.69) is 15.6 Å². The normalized spacial score (nSPS) is 9.55. The first-order valence-corrected chi connectivity index (χ1v) is 5.90. The molecule has 6 heteroatoms. The van der Waals surface area contributed by atoms with Gasteiger partial charge in [0.2, 0.25) is 5.56 Å². The lowest BCUT2D eigenvalue weighted by atomic mass is 10.2. The lowest BCUT2D eigenvalue weighted by Crippen LogP contribution is -2.29. The summed E-state index contributed by atoms with van der Waals surface area (Å²) in [6.07, 6.45) is 0. The van der Waals surface area contributed by atoms with Gasteiger partial charge in [-0.15, -0.1) is 0 Å². The minimum absolute atomic E-state index is 0.211. The topological polar surface area (TPSA) is 97.8 Å². The van der Waals surface area contributed by atoms with Crippen molar-refractivity contribution in [1.29, 1.82) is 5.26 Å².